The van der Waals surface area contributed by atoms with Gasteiger partial charge in [0, 0.05) is 9.68 Å². The van der Waals surface area contributed by atoms with Crippen LogP contribution >= 0.6 is 0 Å². The summed E-state index contributed by atoms with van der Waals surface area (Å²) in [7, 11) is 0. The topological polar surface area (TPSA) is 32.9 Å². The molecule has 5 heteroatoms. The van der Waals surface area contributed by atoms with Gasteiger partial charge in [-0.05, 0) is 12.9 Å². The van der Waals surface area contributed by atoms with Crippen LogP contribution in [-0.4, -0.2) is 4.98 Å². The SMILES string of the molecule is [2H]C([2H])([2H])c1ccc(C(F)(F)F)[nH]c1=O. The van der Waals surface area contributed by atoms with Crippen LogP contribution in [0.5, 0.6) is 0 Å². The van der Waals surface area contributed by atoms with E-state index in [-0.39, 0.29) is 0 Å². The van der Waals surface area contributed by atoms with Crippen LogP contribution in [0.4, 0.5) is 13.2 Å². The summed E-state index contributed by atoms with van der Waals surface area (Å²) in [5.41, 5.74) is -3.17. The minimum atomic E-state index is -4.69. The van der Waals surface area contributed by atoms with Gasteiger partial charge in [0.25, 0.3) is 5.56 Å². The Bertz CT molecular complexity index is 421. The molecule has 1 aromatic heterocycles. The molecule has 0 fully saturated rings. The summed E-state index contributed by atoms with van der Waals surface area (Å²) in [6.45, 7) is -2.71. The van der Waals surface area contributed by atoms with Crippen molar-refractivity contribution in [1.82, 2.24) is 4.98 Å². The second-order valence-electron chi connectivity index (χ2n) is 2.11. The molecule has 0 amide bonds. The van der Waals surface area contributed by atoms with Crippen LogP contribution in [0.1, 0.15) is 15.4 Å². The fraction of sp³-hybridized carbons (Fsp3) is 0.286. The van der Waals surface area contributed by atoms with Gasteiger partial charge in [-0.1, -0.05) is 6.07 Å². The number of halogens is 3. The van der Waals surface area contributed by atoms with Crippen molar-refractivity contribution < 1.29 is 17.3 Å². The zero-order valence-electron chi connectivity index (χ0n) is 8.70. The quantitative estimate of drug-likeness (QED) is 0.647. The standard InChI is InChI=1S/C7H6F3NO/c1-4-2-3-5(7(8,9)10)11-6(4)12/h2-3H,1H3,(H,11,12)/i1D3. The summed E-state index contributed by atoms with van der Waals surface area (Å²) < 4.78 is 56.9. The Morgan fingerprint density at radius 1 is 1.50 bits per heavy atom. The van der Waals surface area contributed by atoms with Crippen molar-refractivity contribution in [2.45, 2.75) is 13.0 Å². The Kier molecular flexibility index (Phi) is 1.19. The molecule has 1 heterocycles. The predicted molar refractivity (Wildman–Crippen MR) is 36.8 cm³/mol. The molecule has 2 nitrogen and oxygen atoms in total. The van der Waals surface area contributed by atoms with Crippen molar-refractivity contribution in [3.05, 3.63) is 33.7 Å². The highest BCUT2D eigenvalue weighted by Crippen LogP contribution is 2.26. The number of aromatic amines is 1. The van der Waals surface area contributed by atoms with Gasteiger partial charge in [0.05, 0.1) is 0 Å². The molecule has 12 heavy (non-hydrogen) atoms. The predicted octanol–water partition coefficient (Wildman–Crippen LogP) is 1.70. The molecule has 0 bridgehead atoms. The van der Waals surface area contributed by atoms with E-state index < -0.39 is 29.8 Å². The van der Waals surface area contributed by atoms with E-state index in [1.165, 1.54) is 4.98 Å². The van der Waals surface area contributed by atoms with Crippen molar-refractivity contribution in [2.24, 2.45) is 0 Å². The van der Waals surface area contributed by atoms with E-state index in [0.717, 1.165) is 0 Å². The van der Waals surface area contributed by atoms with E-state index in [1.54, 1.807) is 0 Å². The van der Waals surface area contributed by atoms with Crippen LogP contribution in [0.25, 0.3) is 0 Å². The van der Waals surface area contributed by atoms with Gasteiger partial charge >= 0.3 is 6.18 Å². The first-order valence-corrected chi connectivity index (χ1v) is 2.93. The van der Waals surface area contributed by atoms with Crippen LogP contribution in [0, 0.1) is 6.85 Å². The molecule has 0 aromatic carbocycles. The van der Waals surface area contributed by atoms with E-state index in [2.05, 4.69) is 0 Å². The van der Waals surface area contributed by atoms with Crippen molar-refractivity contribution in [3.63, 3.8) is 0 Å². The maximum atomic E-state index is 12.1. The molecule has 1 N–H and O–H groups in total. The van der Waals surface area contributed by atoms with Crippen molar-refractivity contribution >= 4 is 0 Å². The zero-order valence-corrected chi connectivity index (χ0v) is 5.70. The normalized spacial score (nSPS) is 16.4. The summed E-state index contributed by atoms with van der Waals surface area (Å²) in [5.74, 6) is 0. The Balaban J connectivity index is 3.28. The van der Waals surface area contributed by atoms with Crippen molar-refractivity contribution in [1.29, 1.82) is 0 Å². The highest BCUT2D eigenvalue weighted by molar-refractivity contribution is 5.14. The van der Waals surface area contributed by atoms with Crippen molar-refractivity contribution in [3.8, 4) is 0 Å². The minimum absolute atomic E-state index is 0.531. The molecule has 0 saturated heterocycles. The first-order valence-electron chi connectivity index (χ1n) is 4.43. The van der Waals surface area contributed by atoms with E-state index >= 15 is 0 Å². The molecule has 0 saturated carbocycles. The second kappa shape index (κ2) is 2.66. The van der Waals surface area contributed by atoms with Gasteiger partial charge in [0.2, 0.25) is 0 Å². The first-order chi connectivity index (χ1) is 6.62. The number of hydrogen-bond acceptors (Lipinski definition) is 1. The first kappa shape index (κ1) is 5.40. The average molecular weight is 180 g/mol. The maximum absolute atomic E-state index is 12.1. The molecule has 0 aliphatic rings. The van der Waals surface area contributed by atoms with Gasteiger partial charge in [-0.25, -0.2) is 0 Å². The van der Waals surface area contributed by atoms with E-state index in [0.29, 0.717) is 12.1 Å². The molecule has 0 unspecified atom stereocenters. The Morgan fingerprint density at radius 3 is 2.58 bits per heavy atom. The monoisotopic (exact) mass is 180 g/mol. The molecule has 0 spiro atoms. The largest absolute Gasteiger partial charge is 0.431 e. The van der Waals surface area contributed by atoms with Crippen LogP contribution in [0.15, 0.2) is 16.9 Å². The number of aromatic nitrogens is 1. The zero-order chi connectivity index (χ0) is 11.9. The van der Waals surface area contributed by atoms with Gasteiger partial charge < -0.3 is 4.98 Å². The van der Waals surface area contributed by atoms with Gasteiger partial charge in [-0.15, -0.1) is 0 Å². The molecule has 0 atom stereocenters. The average Bonchev–Trinajstić information content (AvgIpc) is 1.99. The number of aryl methyl sites for hydroxylation is 1. The smallest absolute Gasteiger partial charge is 0.318 e. The molecule has 0 aliphatic carbocycles. The van der Waals surface area contributed by atoms with Crippen LogP contribution in [-0.2, 0) is 6.18 Å². The lowest BCUT2D eigenvalue weighted by atomic mass is 10.2. The molecular formula is C7H6F3NO. The highest BCUT2D eigenvalue weighted by atomic mass is 19.4. The Hall–Kier alpha value is -1.26. The van der Waals surface area contributed by atoms with Crippen LogP contribution < -0.4 is 5.56 Å². The lowest BCUT2D eigenvalue weighted by molar-refractivity contribution is -0.141. The third-order valence-corrected chi connectivity index (χ3v) is 1.21. The number of pyridine rings is 1. The highest BCUT2D eigenvalue weighted by Gasteiger charge is 2.31. The summed E-state index contributed by atoms with van der Waals surface area (Å²) in [6, 6.07) is 1.19. The second-order valence-corrected chi connectivity index (χ2v) is 2.11. The third kappa shape index (κ3) is 1.66. The van der Waals surface area contributed by atoms with Gasteiger partial charge in [-0.2, -0.15) is 13.2 Å². The summed E-state index contributed by atoms with van der Waals surface area (Å²) in [6.07, 6.45) is -4.69. The van der Waals surface area contributed by atoms with E-state index in [9.17, 15) is 18.0 Å². The molecule has 0 aliphatic heterocycles. The van der Waals surface area contributed by atoms with Gasteiger partial charge in [0.1, 0.15) is 5.69 Å². The number of H-pyrrole nitrogens is 1. The summed E-state index contributed by atoms with van der Waals surface area (Å²) in [5, 5.41) is 0. The summed E-state index contributed by atoms with van der Waals surface area (Å²) in [4.78, 5) is 12.5. The van der Waals surface area contributed by atoms with E-state index in [1.807, 2.05) is 0 Å². The molecule has 1 aromatic rings. The molecule has 1 rings (SSSR count). The van der Waals surface area contributed by atoms with Crippen LogP contribution in [0.3, 0.4) is 0 Å². The summed E-state index contributed by atoms with van der Waals surface area (Å²) >= 11 is 0. The van der Waals surface area contributed by atoms with Crippen LogP contribution in [0.2, 0.25) is 0 Å². The fourth-order valence-corrected chi connectivity index (χ4v) is 0.639. The number of rotatable bonds is 0. The number of alkyl halides is 3. The van der Waals surface area contributed by atoms with Crippen molar-refractivity contribution in [2.75, 3.05) is 0 Å². The van der Waals surface area contributed by atoms with Gasteiger partial charge in [0.15, 0.2) is 0 Å². The number of hydrogen-bond donors (Lipinski definition) is 1. The maximum Gasteiger partial charge on any atom is 0.431 e. The van der Waals surface area contributed by atoms with E-state index in [4.69, 9.17) is 4.11 Å². The lowest BCUT2D eigenvalue weighted by Gasteiger charge is -2.05. The lowest BCUT2D eigenvalue weighted by Crippen LogP contribution is -2.17. The minimum Gasteiger partial charge on any atom is -0.318 e. The number of nitrogens with one attached hydrogen (secondary N) is 1. The van der Waals surface area contributed by atoms with Gasteiger partial charge in [-0.3, -0.25) is 4.79 Å². The fourth-order valence-electron chi connectivity index (χ4n) is 0.639. The molecule has 66 valence electrons. The third-order valence-electron chi connectivity index (χ3n) is 1.21. The Morgan fingerprint density at radius 2 is 2.17 bits per heavy atom. The Labute approximate surface area is 70.3 Å². The molecular weight excluding hydrogens is 171 g/mol. The molecule has 0 radical (unpaired) electrons.